The summed E-state index contributed by atoms with van der Waals surface area (Å²) in [7, 11) is -4.90. The summed E-state index contributed by atoms with van der Waals surface area (Å²) in [5.74, 6) is -1.55. The number of pyridine rings is 2. The molecule has 176 valence electrons. The van der Waals surface area contributed by atoms with Crippen molar-refractivity contribution in [3.8, 4) is 11.3 Å². The van der Waals surface area contributed by atoms with Crippen molar-refractivity contribution in [2.45, 2.75) is 19.6 Å². The summed E-state index contributed by atoms with van der Waals surface area (Å²) < 4.78 is 49.0. The quantitative estimate of drug-likeness (QED) is 0.219. The molecule has 3 aromatic heterocycles. The molecule has 1 atom stereocenters. The van der Waals surface area contributed by atoms with Gasteiger partial charge in [0.25, 0.3) is 13.6 Å². The van der Waals surface area contributed by atoms with Gasteiger partial charge in [0.15, 0.2) is 18.3 Å². The van der Waals surface area contributed by atoms with E-state index >= 15 is 0 Å². The van der Waals surface area contributed by atoms with Crippen LogP contribution in [-0.4, -0.2) is 15.0 Å². The van der Waals surface area contributed by atoms with Crippen LogP contribution in [0.5, 0.6) is 0 Å². The van der Waals surface area contributed by atoms with Crippen LogP contribution in [0.3, 0.4) is 0 Å². The third-order valence-electron chi connectivity index (χ3n) is 5.03. The predicted molar refractivity (Wildman–Crippen MR) is 114 cm³/mol. The normalized spacial score (nSPS) is 13.1. The highest BCUT2D eigenvalue weighted by molar-refractivity contribution is 7.44. The fourth-order valence-electron chi connectivity index (χ4n) is 3.34. The molecule has 0 spiro atoms. The topological polar surface area (TPSA) is 138 Å². The van der Waals surface area contributed by atoms with Gasteiger partial charge < -0.3 is 14.3 Å². The maximum atomic E-state index is 13.8. The van der Waals surface area contributed by atoms with E-state index in [9.17, 15) is 18.2 Å². The van der Waals surface area contributed by atoms with E-state index in [1.54, 1.807) is 18.2 Å². The van der Waals surface area contributed by atoms with Gasteiger partial charge in [-0.2, -0.15) is 4.39 Å². The van der Waals surface area contributed by atoms with E-state index in [1.807, 2.05) is 24.3 Å². The monoisotopic (exact) mass is 488 g/mol. The fourth-order valence-corrected chi connectivity index (χ4v) is 3.61. The van der Waals surface area contributed by atoms with Crippen LogP contribution in [-0.2, 0) is 28.7 Å². The molecule has 1 unspecified atom stereocenters. The van der Waals surface area contributed by atoms with Crippen molar-refractivity contribution in [1.82, 2.24) is 10.1 Å². The van der Waals surface area contributed by atoms with Gasteiger partial charge in [-0.05, 0) is 34.9 Å². The Morgan fingerprint density at radius 3 is 2.56 bits per heavy atom. The highest BCUT2D eigenvalue weighted by Crippen LogP contribution is 2.30. The minimum Gasteiger partial charge on any atom is -0.756 e. The summed E-state index contributed by atoms with van der Waals surface area (Å²) in [4.78, 5) is 22.9. The average Bonchev–Trinajstić information content (AvgIpc) is 3.25. The molecule has 12 heteroatoms. The molecule has 9 nitrogen and oxygen atoms in total. The lowest BCUT2D eigenvalue weighted by Gasteiger charge is -2.14. The first-order chi connectivity index (χ1) is 16.2. The number of phosphoric ester groups is 1. The largest absolute Gasteiger partial charge is 0.756 e. The van der Waals surface area contributed by atoms with Gasteiger partial charge >= 0.3 is 0 Å². The first-order valence-electron chi connectivity index (χ1n) is 9.98. The lowest BCUT2D eigenvalue weighted by Crippen LogP contribution is -2.38. The minimum absolute atomic E-state index is 0.155. The second-order valence-corrected chi connectivity index (χ2v) is 8.63. The standard InChI is InChI=1S/C22H19F2N4O5P/c23-20-16(7-8-26-21(20)24)10-14-3-5-15(6-4-14)11-17-12-19(33-27-17)18-2-1-9-28(22(18)25)13-32-34(29,30)31/h1-9,12,25H,10-11,13H2,(H2,29,30,31). The Balaban J connectivity index is 1.45. The third kappa shape index (κ3) is 5.70. The van der Waals surface area contributed by atoms with Crippen LogP contribution in [0, 0.1) is 11.8 Å². The fraction of sp³-hybridized carbons (Fsp3) is 0.136. The Kier molecular flexibility index (Phi) is 6.80. The third-order valence-corrected chi connectivity index (χ3v) is 5.47. The number of nitrogens with two attached hydrogens (primary N) is 1. The maximum Gasteiger partial charge on any atom is 0.285 e. The van der Waals surface area contributed by atoms with Crippen molar-refractivity contribution in [1.29, 1.82) is 0 Å². The molecule has 0 bridgehead atoms. The van der Waals surface area contributed by atoms with Crippen molar-refractivity contribution in [3.63, 3.8) is 0 Å². The van der Waals surface area contributed by atoms with Gasteiger partial charge in [-0.25, -0.2) is 13.9 Å². The summed E-state index contributed by atoms with van der Waals surface area (Å²) in [5, 5.41) is 4.05. The number of anilines is 1. The molecule has 3 heterocycles. The summed E-state index contributed by atoms with van der Waals surface area (Å²) >= 11 is 0. The second-order valence-electron chi connectivity index (χ2n) is 7.43. The van der Waals surface area contributed by atoms with Crippen LogP contribution in [0.1, 0.15) is 22.4 Å². The van der Waals surface area contributed by atoms with Crippen molar-refractivity contribution in [3.05, 3.63) is 95.1 Å². The molecule has 0 radical (unpaired) electrons. The van der Waals surface area contributed by atoms with E-state index in [0.29, 0.717) is 23.4 Å². The number of halogens is 2. The molecule has 3 N–H and O–H groups in total. The molecule has 0 saturated carbocycles. The molecule has 4 aromatic rings. The van der Waals surface area contributed by atoms with E-state index in [2.05, 4.69) is 14.7 Å². The van der Waals surface area contributed by atoms with E-state index in [-0.39, 0.29) is 17.8 Å². The van der Waals surface area contributed by atoms with Gasteiger partial charge in [0.05, 0.1) is 11.9 Å². The Morgan fingerprint density at radius 2 is 1.85 bits per heavy atom. The van der Waals surface area contributed by atoms with Crippen molar-refractivity contribution in [2.75, 3.05) is 5.73 Å². The molecule has 0 saturated heterocycles. The number of nitrogen functional groups attached to an aromatic ring is 1. The van der Waals surface area contributed by atoms with Crippen LogP contribution in [0.4, 0.5) is 14.6 Å². The summed E-state index contributed by atoms with van der Waals surface area (Å²) in [5.41, 5.74) is 9.11. The number of nitrogens with zero attached hydrogens (tertiary/aromatic N) is 3. The predicted octanol–water partition coefficient (Wildman–Crippen LogP) is 2.50. The number of benzene rings is 1. The zero-order valence-electron chi connectivity index (χ0n) is 17.6. The molecule has 4 rings (SSSR count). The lowest BCUT2D eigenvalue weighted by molar-refractivity contribution is -0.712. The number of hydrogen-bond acceptors (Lipinski definition) is 7. The second kappa shape index (κ2) is 9.78. The number of rotatable bonds is 8. The average molecular weight is 488 g/mol. The maximum absolute atomic E-state index is 13.8. The van der Waals surface area contributed by atoms with E-state index < -0.39 is 26.3 Å². The van der Waals surface area contributed by atoms with Gasteiger partial charge in [0.2, 0.25) is 5.95 Å². The van der Waals surface area contributed by atoms with Crippen LogP contribution in [0.25, 0.3) is 11.3 Å². The first-order valence-corrected chi connectivity index (χ1v) is 11.5. The Morgan fingerprint density at radius 1 is 1.15 bits per heavy atom. The zero-order chi connectivity index (χ0) is 24.3. The van der Waals surface area contributed by atoms with Crippen molar-refractivity contribution >= 4 is 13.6 Å². The molecule has 0 amide bonds. The smallest absolute Gasteiger partial charge is 0.285 e. The van der Waals surface area contributed by atoms with Gasteiger partial charge in [-0.15, -0.1) is 0 Å². The van der Waals surface area contributed by atoms with Crippen molar-refractivity contribution in [2.24, 2.45) is 0 Å². The Bertz CT molecular complexity index is 1360. The van der Waals surface area contributed by atoms with Crippen LogP contribution < -0.4 is 15.2 Å². The minimum atomic E-state index is -4.90. The molecule has 1 aromatic carbocycles. The summed E-state index contributed by atoms with van der Waals surface area (Å²) in [6.45, 7) is -0.500. The lowest BCUT2D eigenvalue weighted by atomic mass is 10.0. The van der Waals surface area contributed by atoms with Gasteiger partial charge in [0, 0.05) is 25.1 Å². The number of hydrogen-bond donors (Lipinski definition) is 2. The SMILES string of the molecule is Nc1c(-c2cc(Cc3ccc(Cc4ccnc(F)c4F)cc3)no2)ccc[n+]1COP(=O)([O-])O. The van der Waals surface area contributed by atoms with E-state index in [0.717, 1.165) is 11.1 Å². The summed E-state index contributed by atoms with van der Waals surface area (Å²) in [6.07, 6.45) is 3.39. The Hall–Kier alpha value is -3.50. The Labute approximate surface area is 192 Å². The molecule has 0 aliphatic carbocycles. The van der Waals surface area contributed by atoms with Crippen LogP contribution >= 0.6 is 7.82 Å². The van der Waals surface area contributed by atoms with E-state index in [1.165, 1.54) is 23.0 Å². The number of aromatic nitrogens is 3. The zero-order valence-corrected chi connectivity index (χ0v) is 18.5. The molecule has 0 fully saturated rings. The van der Waals surface area contributed by atoms with Crippen molar-refractivity contribution < 1.29 is 36.7 Å². The van der Waals surface area contributed by atoms with Gasteiger partial charge in [0.1, 0.15) is 5.56 Å². The summed E-state index contributed by atoms with van der Waals surface area (Å²) in [6, 6.07) is 13.8. The highest BCUT2D eigenvalue weighted by Gasteiger charge is 2.18. The van der Waals surface area contributed by atoms with Gasteiger partial charge in [-0.3, -0.25) is 14.8 Å². The molecule has 34 heavy (non-hydrogen) atoms. The first kappa shape index (κ1) is 23.7. The molecular weight excluding hydrogens is 469 g/mol. The van der Waals surface area contributed by atoms with Crippen LogP contribution in [0.15, 0.2) is 65.4 Å². The number of phosphoric acid groups is 1. The molecule has 0 aliphatic heterocycles. The van der Waals surface area contributed by atoms with Crippen LogP contribution in [0.2, 0.25) is 0 Å². The van der Waals surface area contributed by atoms with Gasteiger partial charge in [-0.1, -0.05) is 29.4 Å². The molecular formula is C22H19F2N4O5P. The van der Waals surface area contributed by atoms with E-state index in [4.69, 9.17) is 15.2 Å². The highest BCUT2D eigenvalue weighted by atomic mass is 31.2. The molecule has 0 aliphatic rings.